The number of hydrogen-bond acceptors (Lipinski definition) is 4. The van der Waals surface area contributed by atoms with Crippen molar-refractivity contribution in [1.82, 2.24) is 0 Å². The van der Waals surface area contributed by atoms with Crippen molar-refractivity contribution in [3.63, 3.8) is 0 Å². The smallest absolute Gasteiger partial charge is 0.307 e. The van der Waals surface area contributed by atoms with E-state index < -0.39 is 5.97 Å². The van der Waals surface area contributed by atoms with Crippen LogP contribution in [0.15, 0.2) is 24.3 Å². The fraction of sp³-hybridized carbons (Fsp3) is 0.429. The van der Waals surface area contributed by atoms with Crippen molar-refractivity contribution >= 4 is 17.6 Å². The lowest BCUT2D eigenvalue weighted by atomic mass is 10.1. The Morgan fingerprint density at radius 2 is 2.00 bits per heavy atom. The van der Waals surface area contributed by atoms with Crippen molar-refractivity contribution < 1.29 is 24.2 Å². The lowest BCUT2D eigenvalue weighted by Crippen LogP contribution is -2.19. The number of aliphatic carboxylic acids is 1. The highest BCUT2D eigenvalue weighted by molar-refractivity contribution is 5.91. The van der Waals surface area contributed by atoms with Gasteiger partial charge in [0.2, 0.25) is 5.91 Å². The van der Waals surface area contributed by atoms with Crippen LogP contribution in [-0.4, -0.2) is 43.4 Å². The van der Waals surface area contributed by atoms with E-state index in [1.165, 1.54) is 0 Å². The SMILES string of the molecule is CCOCCOCC(=O)Nc1cccc(CC(=O)O)c1. The second-order valence-corrected chi connectivity index (χ2v) is 4.07. The number of amides is 1. The van der Waals surface area contributed by atoms with Crippen LogP contribution < -0.4 is 5.32 Å². The van der Waals surface area contributed by atoms with Crippen LogP contribution in [0.2, 0.25) is 0 Å². The minimum absolute atomic E-state index is 0.0593. The number of hydrogen-bond donors (Lipinski definition) is 2. The molecule has 0 spiro atoms. The Morgan fingerprint density at radius 1 is 1.25 bits per heavy atom. The Labute approximate surface area is 117 Å². The zero-order chi connectivity index (χ0) is 14.8. The molecule has 0 unspecified atom stereocenters. The number of anilines is 1. The quantitative estimate of drug-likeness (QED) is 0.667. The van der Waals surface area contributed by atoms with Crippen LogP contribution >= 0.6 is 0 Å². The zero-order valence-electron chi connectivity index (χ0n) is 11.4. The Kier molecular flexibility index (Phi) is 7.31. The first kappa shape index (κ1) is 16.1. The molecule has 0 saturated heterocycles. The molecule has 1 aromatic rings. The minimum Gasteiger partial charge on any atom is -0.481 e. The lowest BCUT2D eigenvalue weighted by molar-refractivity contribution is -0.136. The predicted molar refractivity (Wildman–Crippen MR) is 73.7 cm³/mol. The van der Waals surface area contributed by atoms with E-state index in [1.54, 1.807) is 24.3 Å². The molecule has 1 rings (SSSR count). The first-order valence-corrected chi connectivity index (χ1v) is 6.38. The molecule has 0 heterocycles. The predicted octanol–water partition coefficient (Wildman–Crippen LogP) is 1.31. The van der Waals surface area contributed by atoms with E-state index in [1.807, 2.05) is 6.92 Å². The molecule has 110 valence electrons. The summed E-state index contributed by atoms with van der Waals surface area (Å²) in [5, 5.41) is 11.4. The first-order chi connectivity index (χ1) is 9.61. The van der Waals surface area contributed by atoms with E-state index in [-0.39, 0.29) is 18.9 Å². The van der Waals surface area contributed by atoms with Crippen LogP contribution in [0.4, 0.5) is 5.69 Å². The molecule has 0 radical (unpaired) electrons. The van der Waals surface area contributed by atoms with E-state index in [0.29, 0.717) is 31.1 Å². The van der Waals surface area contributed by atoms with Gasteiger partial charge in [-0.05, 0) is 24.6 Å². The van der Waals surface area contributed by atoms with Crippen LogP contribution in [0.5, 0.6) is 0 Å². The normalized spacial score (nSPS) is 10.2. The molecule has 0 aliphatic rings. The Bertz CT molecular complexity index is 447. The summed E-state index contributed by atoms with van der Waals surface area (Å²) in [6.45, 7) is 3.26. The number of rotatable bonds is 9. The second kappa shape index (κ2) is 9.06. The van der Waals surface area contributed by atoms with Gasteiger partial charge in [-0.25, -0.2) is 0 Å². The molecule has 1 amide bonds. The molecule has 0 saturated carbocycles. The van der Waals surface area contributed by atoms with Gasteiger partial charge in [-0.15, -0.1) is 0 Å². The van der Waals surface area contributed by atoms with Gasteiger partial charge >= 0.3 is 5.97 Å². The van der Waals surface area contributed by atoms with Crippen LogP contribution in [-0.2, 0) is 25.5 Å². The maximum absolute atomic E-state index is 11.6. The fourth-order valence-electron chi connectivity index (χ4n) is 1.56. The molecule has 6 heteroatoms. The van der Waals surface area contributed by atoms with Gasteiger partial charge in [-0.1, -0.05) is 12.1 Å². The van der Waals surface area contributed by atoms with Crippen LogP contribution in [0.25, 0.3) is 0 Å². The number of carbonyl (C=O) groups excluding carboxylic acids is 1. The molecule has 0 aromatic heterocycles. The lowest BCUT2D eigenvalue weighted by Gasteiger charge is -2.07. The molecule has 1 aromatic carbocycles. The van der Waals surface area contributed by atoms with Gasteiger partial charge < -0.3 is 19.9 Å². The third kappa shape index (κ3) is 6.86. The Balaban J connectivity index is 2.36. The average molecular weight is 281 g/mol. The number of benzene rings is 1. The largest absolute Gasteiger partial charge is 0.481 e. The maximum Gasteiger partial charge on any atom is 0.307 e. The zero-order valence-corrected chi connectivity index (χ0v) is 11.4. The van der Waals surface area contributed by atoms with Gasteiger partial charge in [-0.3, -0.25) is 9.59 Å². The van der Waals surface area contributed by atoms with Crippen molar-refractivity contribution in [3.05, 3.63) is 29.8 Å². The Morgan fingerprint density at radius 3 is 2.70 bits per heavy atom. The van der Waals surface area contributed by atoms with E-state index >= 15 is 0 Å². The third-order valence-corrected chi connectivity index (χ3v) is 2.38. The molecule has 6 nitrogen and oxygen atoms in total. The van der Waals surface area contributed by atoms with E-state index in [9.17, 15) is 9.59 Å². The summed E-state index contributed by atoms with van der Waals surface area (Å²) in [6.07, 6.45) is -0.0748. The van der Waals surface area contributed by atoms with Gasteiger partial charge in [-0.2, -0.15) is 0 Å². The van der Waals surface area contributed by atoms with Gasteiger partial charge in [0.25, 0.3) is 0 Å². The third-order valence-electron chi connectivity index (χ3n) is 2.38. The van der Waals surface area contributed by atoms with Gasteiger partial charge in [0.15, 0.2) is 0 Å². The molecule has 2 N–H and O–H groups in total. The van der Waals surface area contributed by atoms with Crippen molar-refractivity contribution in [2.75, 3.05) is 31.7 Å². The molecular weight excluding hydrogens is 262 g/mol. The number of carbonyl (C=O) groups is 2. The monoisotopic (exact) mass is 281 g/mol. The highest BCUT2D eigenvalue weighted by Crippen LogP contribution is 2.11. The maximum atomic E-state index is 11.6. The standard InChI is InChI=1S/C14H19NO5/c1-2-19-6-7-20-10-13(16)15-12-5-3-4-11(8-12)9-14(17)18/h3-5,8H,2,6-7,9-10H2,1H3,(H,15,16)(H,17,18). The second-order valence-electron chi connectivity index (χ2n) is 4.07. The summed E-state index contributed by atoms with van der Waals surface area (Å²) in [5.41, 5.74) is 1.19. The minimum atomic E-state index is -0.910. The van der Waals surface area contributed by atoms with Crippen molar-refractivity contribution in [1.29, 1.82) is 0 Å². The van der Waals surface area contributed by atoms with Crippen molar-refractivity contribution in [3.8, 4) is 0 Å². The van der Waals surface area contributed by atoms with Gasteiger partial charge in [0.1, 0.15) is 6.61 Å². The van der Waals surface area contributed by atoms with E-state index in [0.717, 1.165) is 0 Å². The number of carboxylic acids is 1. The molecular formula is C14H19NO5. The van der Waals surface area contributed by atoms with Gasteiger partial charge in [0, 0.05) is 12.3 Å². The summed E-state index contributed by atoms with van der Waals surface area (Å²) in [4.78, 5) is 22.2. The summed E-state index contributed by atoms with van der Waals surface area (Å²) in [5.74, 6) is -1.19. The average Bonchev–Trinajstić information content (AvgIpc) is 2.38. The fourth-order valence-corrected chi connectivity index (χ4v) is 1.56. The van der Waals surface area contributed by atoms with Crippen molar-refractivity contribution in [2.24, 2.45) is 0 Å². The topological polar surface area (TPSA) is 84.9 Å². The number of ether oxygens (including phenoxy) is 2. The molecule has 0 bridgehead atoms. The molecule has 0 atom stereocenters. The first-order valence-electron chi connectivity index (χ1n) is 6.38. The highest BCUT2D eigenvalue weighted by atomic mass is 16.5. The molecule has 0 fully saturated rings. The number of nitrogens with one attached hydrogen (secondary N) is 1. The van der Waals surface area contributed by atoms with E-state index in [2.05, 4.69) is 5.32 Å². The van der Waals surface area contributed by atoms with Crippen LogP contribution in [0.3, 0.4) is 0 Å². The summed E-state index contributed by atoms with van der Waals surface area (Å²) in [6, 6.07) is 6.72. The molecule has 0 aliphatic heterocycles. The van der Waals surface area contributed by atoms with Crippen molar-refractivity contribution in [2.45, 2.75) is 13.3 Å². The van der Waals surface area contributed by atoms with Crippen LogP contribution in [0.1, 0.15) is 12.5 Å². The van der Waals surface area contributed by atoms with Crippen LogP contribution in [0, 0.1) is 0 Å². The van der Waals surface area contributed by atoms with Gasteiger partial charge in [0.05, 0.1) is 19.6 Å². The number of carboxylic acid groups (broad SMARTS) is 1. The summed E-state index contributed by atoms with van der Waals surface area (Å²) in [7, 11) is 0. The molecule has 20 heavy (non-hydrogen) atoms. The summed E-state index contributed by atoms with van der Waals surface area (Å²) < 4.78 is 10.2. The summed E-state index contributed by atoms with van der Waals surface area (Å²) >= 11 is 0. The molecule has 0 aliphatic carbocycles. The Hall–Kier alpha value is -1.92. The van der Waals surface area contributed by atoms with E-state index in [4.69, 9.17) is 14.6 Å². The highest BCUT2D eigenvalue weighted by Gasteiger charge is 2.05.